The van der Waals surface area contributed by atoms with Crippen molar-refractivity contribution in [1.82, 2.24) is 0 Å². The van der Waals surface area contributed by atoms with Gasteiger partial charge in [0, 0.05) is 0 Å². The average molecular weight is 218 g/mol. The molecule has 0 bridgehead atoms. The predicted molar refractivity (Wildman–Crippen MR) is 63.1 cm³/mol. The summed E-state index contributed by atoms with van der Waals surface area (Å²) in [5.74, 6) is 0.971. The molecule has 16 heavy (non-hydrogen) atoms. The second kappa shape index (κ2) is 4.69. The van der Waals surface area contributed by atoms with Crippen LogP contribution in [0.15, 0.2) is 30.3 Å². The first-order valence-corrected chi connectivity index (χ1v) is 5.85. The minimum atomic E-state index is -0.0501. The maximum Gasteiger partial charge on any atom is 0.308 e. The Bertz CT molecular complexity index is 358. The van der Waals surface area contributed by atoms with Gasteiger partial charge in [0.05, 0.1) is 13.0 Å². The van der Waals surface area contributed by atoms with Crippen LogP contribution < -0.4 is 0 Å². The van der Waals surface area contributed by atoms with E-state index in [0.29, 0.717) is 11.8 Å². The molecular weight excluding hydrogens is 200 g/mol. The first-order chi connectivity index (χ1) is 7.72. The summed E-state index contributed by atoms with van der Waals surface area (Å²) in [5.41, 5.74) is 1.35. The van der Waals surface area contributed by atoms with Crippen LogP contribution in [0.2, 0.25) is 0 Å². The fraction of sp³-hybridized carbons (Fsp3) is 0.500. The van der Waals surface area contributed by atoms with E-state index in [9.17, 15) is 4.79 Å². The number of hydrogen-bond donors (Lipinski definition) is 0. The molecule has 0 aromatic heterocycles. The number of benzene rings is 1. The van der Waals surface area contributed by atoms with Crippen molar-refractivity contribution < 1.29 is 9.53 Å². The highest BCUT2D eigenvalue weighted by Gasteiger charge is 2.37. The molecule has 0 unspecified atom stereocenters. The molecule has 1 aliphatic rings. The number of carbonyl (C=O) groups excluding carboxylic acids is 1. The zero-order valence-corrected chi connectivity index (χ0v) is 9.85. The molecule has 0 radical (unpaired) electrons. The Morgan fingerprint density at radius 3 is 2.56 bits per heavy atom. The highest BCUT2D eigenvalue weighted by Crippen LogP contribution is 2.42. The smallest absolute Gasteiger partial charge is 0.308 e. The molecule has 1 saturated carbocycles. The Labute approximate surface area is 96.6 Å². The fourth-order valence-corrected chi connectivity index (χ4v) is 2.73. The zero-order valence-electron chi connectivity index (χ0n) is 9.85. The zero-order chi connectivity index (χ0) is 11.5. The first-order valence-electron chi connectivity index (χ1n) is 5.85. The molecule has 2 heteroatoms. The molecule has 1 aromatic rings. The molecule has 3 atom stereocenters. The Balaban J connectivity index is 2.10. The number of hydrogen-bond acceptors (Lipinski definition) is 2. The Hall–Kier alpha value is -1.31. The standard InChI is InChI=1S/C14H18O2/c1-10-8-12(9-13(10)14(15)16-2)11-6-4-3-5-7-11/h3-7,10,12-13H,8-9H2,1-2H3/t10-,12+,13-/m0/s1. The van der Waals surface area contributed by atoms with Crippen molar-refractivity contribution in [3.05, 3.63) is 35.9 Å². The minimum Gasteiger partial charge on any atom is -0.469 e. The molecule has 0 saturated heterocycles. The summed E-state index contributed by atoms with van der Waals surface area (Å²) in [5, 5.41) is 0. The van der Waals surface area contributed by atoms with Crippen molar-refractivity contribution in [2.45, 2.75) is 25.7 Å². The molecule has 2 nitrogen and oxygen atoms in total. The van der Waals surface area contributed by atoms with Crippen molar-refractivity contribution >= 4 is 5.97 Å². The maximum atomic E-state index is 11.6. The normalized spacial score (nSPS) is 29.0. The summed E-state index contributed by atoms with van der Waals surface area (Å²) >= 11 is 0. The van der Waals surface area contributed by atoms with Crippen molar-refractivity contribution in [2.75, 3.05) is 7.11 Å². The van der Waals surface area contributed by atoms with Crippen molar-refractivity contribution in [3.63, 3.8) is 0 Å². The third-order valence-corrected chi connectivity index (χ3v) is 3.66. The van der Waals surface area contributed by atoms with Gasteiger partial charge < -0.3 is 4.74 Å². The number of methoxy groups -OCH3 is 1. The lowest BCUT2D eigenvalue weighted by Crippen LogP contribution is -2.18. The van der Waals surface area contributed by atoms with Gasteiger partial charge in [0.25, 0.3) is 0 Å². The van der Waals surface area contributed by atoms with E-state index in [4.69, 9.17) is 4.74 Å². The molecule has 1 aromatic carbocycles. The van der Waals surface area contributed by atoms with Crippen LogP contribution in [-0.4, -0.2) is 13.1 Å². The highest BCUT2D eigenvalue weighted by atomic mass is 16.5. The summed E-state index contributed by atoms with van der Waals surface area (Å²) in [4.78, 5) is 11.6. The van der Waals surface area contributed by atoms with Gasteiger partial charge in [0.15, 0.2) is 0 Å². The number of rotatable bonds is 2. The van der Waals surface area contributed by atoms with Crippen LogP contribution in [-0.2, 0) is 9.53 Å². The molecule has 0 heterocycles. The molecule has 1 fully saturated rings. The fourth-order valence-electron chi connectivity index (χ4n) is 2.73. The topological polar surface area (TPSA) is 26.3 Å². The summed E-state index contributed by atoms with van der Waals surface area (Å²) in [6, 6.07) is 10.4. The monoisotopic (exact) mass is 218 g/mol. The van der Waals surface area contributed by atoms with Crippen molar-refractivity contribution in [1.29, 1.82) is 0 Å². The van der Waals surface area contributed by atoms with Gasteiger partial charge in [0.2, 0.25) is 0 Å². The summed E-state index contributed by atoms with van der Waals surface area (Å²) in [6.07, 6.45) is 2.02. The van der Waals surface area contributed by atoms with Crippen LogP contribution in [0.5, 0.6) is 0 Å². The van der Waals surface area contributed by atoms with Crippen LogP contribution in [0.3, 0.4) is 0 Å². The lowest BCUT2D eigenvalue weighted by atomic mass is 9.96. The second-order valence-electron chi connectivity index (χ2n) is 4.69. The van der Waals surface area contributed by atoms with E-state index in [2.05, 4.69) is 31.2 Å². The minimum absolute atomic E-state index is 0.0501. The lowest BCUT2D eigenvalue weighted by molar-refractivity contribution is -0.146. The van der Waals surface area contributed by atoms with Crippen LogP contribution in [0, 0.1) is 11.8 Å². The van der Waals surface area contributed by atoms with Gasteiger partial charge in [-0.15, -0.1) is 0 Å². The quantitative estimate of drug-likeness (QED) is 0.713. The highest BCUT2D eigenvalue weighted by molar-refractivity contribution is 5.73. The van der Waals surface area contributed by atoms with Gasteiger partial charge in [-0.2, -0.15) is 0 Å². The van der Waals surface area contributed by atoms with Gasteiger partial charge in [-0.05, 0) is 30.2 Å². The van der Waals surface area contributed by atoms with E-state index in [-0.39, 0.29) is 11.9 Å². The molecule has 86 valence electrons. The van der Waals surface area contributed by atoms with E-state index in [1.807, 2.05) is 6.07 Å². The van der Waals surface area contributed by atoms with Gasteiger partial charge >= 0.3 is 5.97 Å². The summed E-state index contributed by atoms with van der Waals surface area (Å²) in [7, 11) is 1.48. The largest absolute Gasteiger partial charge is 0.469 e. The third kappa shape index (κ3) is 2.11. The lowest BCUT2D eigenvalue weighted by Gasteiger charge is -2.11. The molecule has 1 aliphatic carbocycles. The van der Waals surface area contributed by atoms with Gasteiger partial charge in [-0.25, -0.2) is 0 Å². The van der Waals surface area contributed by atoms with Crippen LogP contribution in [0.1, 0.15) is 31.2 Å². The Morgan fingerprint density at radius 1 is 1.25 bits per heavy atom. The number of carbonyl (C=O) groups is 1. The molecule has 0 N–H and O–H groups in total. The van der Waals surface area contributed by atoms with E-state index in [0.717, 1.165) is 12.8 Å². The summed E-state index contributed by atoms with van der Waals surface area (Å²) < 4.78 is 4.85. The Kier molecular flexibility index (Phi) is 3.28. The predicted octanol–water partition coefficient (Wildman–Crippen LogP) is 2.99. The van der Waals surface area contributed by atoms with Crippen molar-refractivity contribution in [2.24, 2.45) is 11.8 Å². The SMILES string of the molecule is COC(=O)[C@H]1C[C@H](c2ccccc2)C[C@@H]1C. The number of esters is 1. The molecule has 0 amide bonds. The Morgan fingerprint density at radius 2 is 1.94 bits per heavy atom. The summed E-state index contributed by atoms with van der Waals surface area (Å²) in [6.45, 7) is 2.14. The van der Waals surface area contributed by atoms with Gasteiger partial charge in [-0.3, -0.25) is 4.79 Å². The third-order valence-electron chi connectivity index (χ3n) is 3.66. The van der Waals surface area contributed by atoms with E-state index in [1.54, 1.807) is 0 Å². The second-order valence-corrected chi connectivity index (χ2v) is 4.69. The van der Waals surface area contributed by atoms with Crippen LogP contribution >= 0.6 is 0 Å². The molecular formula is C14H18O2. The number of ether oxygens (including phenoxy) is 1. The molecule has 0 aliphatic heterocycles. The van der Waals surface area contributed by atoms with E-state index in [1.165, 1.54) is 12.7 Å². The van der Waals surface area contributed by atoms with Gasteiger partial charge in [-0.1, -0.05) is 37.3 Å². The average Bonchev–Trinajstić information content (AvgIpc) is 2.71. The van der Waals surface area contributed by atoms with Crippen LogP contribution in [0.4, 0.5) is 0 Å². The van der Waals surface area contributed by atoms with Gasteiger partial charge in [0.1, 0.15) is 0 Å². The first kappa shape index (κ1) is 11.2. The molecule has 0 spiro atoms. The van der Waals surface area contributed by atoms with E-state index < -0.39 is 0 Å². The van der Waals surface area contributed by atoms with Crippen molar-refractivity contribution in [3.8, 4) is 0 Å². The maximum absolute atomic E-state index is 11.6. The molecule has 2 rings (SSSR count). The van der Waals surface area contributed by atoms with E-state index >= 15 is 0 Å². The van der Waals surface area contributed by atoms with Crippen LogP contribution in [0.25, 0.3) is 0 Å².